The molecule has 2 nitrogen and oxygen atoms in total. The van der Waals surface area contributed by atoms with Crippen molar-refractivity contribution in [3.63, 3.8) is 0 Å². The molecule has 1 saturated carbocycles. The van der Waals surface area contributed by atoms with Crippen molar-refractivity contribution in [2.24, 2.45) is 0 Å². The van der Waals surface area contributed by atoms with Crippen molar-refractivity contribution in [2.75, 3.05) is 5.75 Å². The molecule has 1 fully saturated rings. The van der Waals surface area contributed by atoms with Gasteiger partial charge in [-0.15, -0.1) is 0 Å². The average Bonchev–Trinajstić information content (AvgIpc) is 2.85. The molecule has 1 aromatic heterocycles. The lowest BCUT2D eigenvalue weighted by Gasteiger charge is -2.19. The summed E-state index contributed by atoms with van der Waals surface area (Å²) in [6.07, 6.45) is 7.64. The molecule has 0 bridgehead atoms. The summed E-state index contributed by atoms with van der Waals surface area (Å²) in [5, 5.41) is 4.46. The van der Waals surface area contributed by atoms with E-state index in [4.69, 9.17) is 4.42 Å². The lowest BCUT2D eigenvalue weighted by molar-refractivity contribution is 0.522. The van der Waals surface area contributed by atoms with E-state index in [1.165, 1.54) is 30.6 Å². The Labute approximate surface area is 95.8 Å². The second-order valence-electron chi connectivity index (χ2n) is 4.04. The summed E-state index contributed by atoms with van der Waals surface area (Å²) in [5.41, 5.74) is 1.25. The molecule has 0 aliphatic heterocycles. The summed E-state index contributed by atoms with van der Waals surface area (Å²) >= 11 is 2.10. The monoisotopic (exact) mass is 225 g/mol. The number of thioether (sulfide) groups is 1. The Kier molecular flexibility index (Phi) is 4.15. The van der Waals surface area contributed by atoms with Gasteiger partial charge in [0.25, 0.3) is 0 Å². The summed E-state index contributed by atoms with van der Waals surface area (Å²) < 4.78 is 5.06. The number of rotatable bonds is 5. The highest BCUT2D eigenvalue weighted by Gasteiger charge is 2.26. The molecule has 0 radical (unpaired) electrons. The molecule has 1 aliphatic rings. The van der Waals surface area contributed by atoms with Gasteiger partial charge < -0.3 is 9.73 Å². The highest BCUT2D eigenvalue weighted by atomic mass is 32.2. The van der Waals surface area contributed by atoms with E-state index in [0.717, 1.165) is 11.8 Å². The predicted octanol–water partition coefficient (Wildman–Crippen LogP) is 3.04. The minimum atomic E-state index is 0.699. The van der Waals surface area contributed by atoms with Crippen LogP contribution in [-0.4, -0.2) is 17.0 Å². The van der Waals surface area contributed by atoms with Crippen LogP contribution in [0.4, 0.5) is 0 Å². The van der Waals surface area contributed by atoms with E-state index >= 15 is 0 Å². The first-order valence-electron chi connectivity index (χ1n) is 5.76. The van der Waals surface area contributed by atoms with Crippen molar-refractivity contribution < 1.29 is 4.42 Å². The van der Waals surface area contributed by atoms with Crippen LogP contribution < -0.4 is 5.32 Å². The van der Waals surface area contributed by atoms with Gasteiger partial charge in [-0.3, -0.25) is 0 Å². The quantitative estimate of drug-likeness (QED) is 0.834. The summed E-state index contributed by atoms with van der Waals surface area (Å²) in [4.78, 5) is 0. The normalized spacial score (nSPS) is 25.9. The maximum atomic E-state index is 5.06. The van der Waals surface area contributed by atoms with E-state index in [0.29, 0.717) is 6.04 Å². The van der Waals surface area contributed by atoms with Gasteiger partial charge in [-0.2, -0.15) is 11.8 Å². The highest BCUT2D eigenvalue weighted by Crippen LogP contribution is 2.29. The Bertz CT molecular complexity index is 273. The van der Waals surface area contributed by atoms with Gasteiger partial charge in [-0.25, -0.2) is 0 Å². The molecule has 1 aliphatic carbocycles. The molecule has 1 N–H and O–H groups in total. The molecule has 1 heterocycles. The Morgan fingerprint density at radius 1 is 1.53 bits per heavy atom. The summed E-state index contributed by atoms with van der Waals surface area (Å²) in [7, 11) is 0. The van der Waals surface area contributed by atoms with Crippen LogP contribution in [0.5, 0.6) is 0 Å². The van der Waals surface area contributed by atoms with Gasteiger partial charge >= 0.3 is 0 Å². The van der Waals surface area contributed by atoms with Gasteiger partial charge in [0, 0.05) is 23.4 Å². The molecule has 15 heavy (non-hydrogen) atoms. The molecular formula is C12H19NOS. The molecule has 0 amide bonds. The molecule has 3 heteroatoms. The maximum absolute atomic E-state index is 5.06. The highest BCUT2D eigenvalue weighted by molar-refractivity contribution is 7.99. The van der Waals surface area contributed by atoms with Gasteiger partial charge in [0.05, 0.1) is 12.5 Å². The van der Waals surface area contributed by atoms with Gasteiger partial charge in [-0.05, 0) is 24.7 Å². The zero-order valence-electron chi connectivity index (χ0n) is 9.24. The molecule has 2 unspecified atom stereocenters. The third kappa shape index (κ3) is 3.02. The van der Waals surface area contributed by atoms with Gasteiger partial charge in [0.1, 0.15) is 0 Å². The average molecular weight is 225 g/mol. The first kappa shape index (κ1) is 11.1. The second-order valence-corrected chi connectivity index (χ2v) is 5.56. The van der Waals surface area contributed by atoms with Crippen molar-refractivity contribution in [3.05, 3.63) is 24.2 Å². The fourth-order valence-electron chi connectivity index (χ4n) is 2.22. The van der Waals surface area contributed by atoms with Crippen LogP contribution in [0.1, 0.15) is 31.7 Å². The smallest absolute Gasteiger partial charge is 0.0947 e. The van der Waals surface area contributed by atoms with Crippen molar-refractivity contribution in [3.8, 4) is 0 Å². The van der Waals surface area contributed by atoms with E-state index in [2.05, 4.69) is 24.0 Å². The third-order valence-electron chi connectivity index (χ3n) is 2.98. The molecule has 0 aromatic carbocycles. The van der Waals surface area contributed by atoms with Gasteiger partial charge in [-0.1, -0.05) is 13.3 Å². The minimum absolute atomic E-state index is 0.699. The molecule has 2 rings (SSSR count). The van der Waals surface area contributed by atoms with Crippen LogP contribution in [-0.2, 0) is 6.54 Å². The zero-order valence-corrected chi connectivity index (χ0v) is 10.1. The lowest BCUT2D eigenvalue weighted by atomic mass is 10.2. The largest absolute Gasteiger partial charge is 0.472 e. The lowest BCUT2D eigenvalue weighted by Crippen LogP contribution is -2.33. The Morgan fingerprint density at radius 3 is 3.20 bits per heavy atom. The zero-order chi connectivity index (χ0) is 10.5. The predicted molar refractivity (Wildman–Crippen MR) is 65.1 cm³/mol. The topological polar surface area (TPSA) is 25.2 Å². The Morgan fingerprint density at radius 2 is 2.47 bits per heavy atom. The first-order valence-corrected chi connectivity index (χ1v) is 6.81. The van der Waals surface area contributed by atoms with E-state index in [-0.39, 0.29) is 0 Å². The second kappa shape index (κ2) is 5.61. The van der Waals surface area contributed by atoms with Gasteiger partial charge in [0.15, 0.2) is 0 Å². The van der Waals surface area contributed by atoms with Crippen LogP contribution in [0.25, 0.3) is 0 Å². The van der Waals surface area contributed by atoms with Crippen LogP contribution >= 0.6 is 11.8 Å². The number of furan rings is 1. The van der Waals surface area contributed by atoms with E-state index in [1.807, 2.05) is 12.3 Å². The Hall–Kier alpha value is -0.410. The third-order valence-corrected chi connectivity index (χ3v) is 4.31. The van der Waals surface area contributed by atoms with Crippen LogP contribution in [0.15, 0.2) is 23.0 Å². The van der Waals surface area contributed by atoms with E-state index in [9.17, 15) is 0 Å². The van der Waals surface area contributed by atoms with Crippen LogP contribution in [0.2, 0.25) is 0 Å². The van der Waals surface area contributed by atoms with Crippen molar-refractivity contribution in [1.82, 2.24) is 5.32 Å². The summed E-state index contributed by atoms with van der Waals surface area (Å²) in [6.45, 7) is 3.19. The van der Waals surface area contributed by atoms with Crippen molar-refractivity contribution in [2.45, 2.75) is 44.0 Å². The van der Waals surface area contributed by atoms with E-state index in [1.54, 1.807) is 6.26 Å². The van der Waals surface area contributed by atoms with E-state index < -0.39 is 0 Å². The van der Waals surface area contributed by atoms with Crippen molar-refractivity contribution in [1.29, 1.82) is 0 Å². The van der Waals surface area contributed by atoms with Crippen LogP contribution in [0.3, 0.4) is 0 Å². The van der Waals surface area contributed by atoms with Crippen molar-refractivity contribution >= 4 is 11.8 Å². The summed E-state index contributed by atoms with van der Waals surface area (Å²) in [6, 6.07) is 2.73. The maximum Gasteiger partial charge on any atom is 0.0947 e. The number of hydrogen-bond acceptors (Lipinski definition) is 3. The number of hydrogen-bond donors (Lipinski definition) is 1. The first-order chi connectivity index (χ1) is 7.40. The van der Waals surface area contributed by atoms with Crippen LogP contribution in [0, 0.1) is 0 Å². The molecular weight excluding hydrogens is 206 g/mol. The molecule has 2 atom stereocenters. The summed E-state index contributed by atoms with van der Waals surface area (Å²) in [5.74, 6) is 1.23. The molecule has 0 saturated heterocycles. The number of nitrogens with one attached hydrogen (secondary N) is 1. The minimum Gasteiger partial charge on any atom is -0.472 e. The standard InChI is InChI=1S/C12H19NOS/c1-2-15-12-5-3-4-11(12)13-8-10-6-7-14-9-10/h6-7,9,11-13H,2-5,8H2,1H3. The fraction of sp³-hybridized carbons (Fsp3) is 0.667. The Balaban J connectivity index is 1.78. The van der Waals surface area contributed by atoms with Gasteiger partial charge in [0.2, 0.25) is 0 Å². The molecule has 84 valence electrons. The molecule has 0 spiro atoms. The molecule has 1 aromatic rings. The SMILES string of the molecule is CCSC1CCCC1NCc1ccoc1. The fourth-order valence-corrected chi connectivity index (χ4v) is 3.44.